The van der Waals surface area contributed by atoms with Gasteiger partial charge in [0.2, 0.25) is 0 Å². The van der Waals surface area contributed by atoms with Gasteiger partial charge in [-0.25, -0.2) is 0 Å². The van der Waals surface area contributed by atoms with Crippen molar-refractivity contribution in [2.75, 3.05) is 5.32 Å². The highest BCUT2D eigenvalue weighted by atomic mass is 16.1. The Labute approximate surface area is 107 Å². The summed E-state index contributed by atoms with van der Waals surface area (Å²) in [5.41, 5.74) is 4.41. The zero-order chi connectivity index (χ0) is 13.1. The molecule has 3 heteroatoms. The van der Waals surface area contributed by atoms with Crippen LogP contribution in [0.25, 0.3) is 0 Å². The number of hydrogen-bond donors (Lipinski definition) is 1. The minimum absolute atomic E-state index is 0.0939. The zero-order valence-electron chi connectivity index (χ0n) is 10.8. The third-order valence-corrected chi connectivity index (χ3v) is 2.98. The van der Waals surface area contributed by atoms with E-state index in [4.69, 9.17) is 0 Å². The van der Waals surface area contributed by atoms with E-state index in [2.05, 4.69) is 10.3 Å². The van der Waals surface area contributed by atoms with E-state index in [1.165, 1.54) is 0 Å². The van der Waals surface area contributed by atoms with Crippen LogP contribution in [0.15, 0.2) is 36.5 Å². The van der Waals surface area contributed by atoms with Crippen LogP contribution in [0.3, 0.4) is 0 Å². The molecule has 1 aromatic carbocycles. The van der Waals surface area contributed by atoms with E-state index in [0.717, 1.165) is 22.5 Å². The number of aryl methyl sites for hydroxylation is 2. The fourth-order valence-electron chi connectivity index (χ4n) is 1.81. The van der Waals surface area contributed by atoms with Crippen molar-refractivity contribution in [1.82, 2.24) is 4.98 Å². The van der Waals surface area contributed by atoms with E-state index >= 15 is 0 Å². The summed E-state index contributed by atoms with van der Waals surface area (Å²) in [4.78, 5) is 16.3. The summed E-state index contributed by atoms with van der Waals surface area (Å²) >= 11 is 0. The fourth-order valence-corrected chi connectivity index (χ4v) is 1.81. The van der Waals surface area contributed by atoms with Gasteiger partial charge in [-0.3, -0.25) is 9.78 Å². The lowest BCUT2D eigenvalue weighted by molar-refractivity contribution is 0.102. The first-order valence-electron chi connectivity index (χ1n) is 5.88. The van der Waals surface area contributed by atoms with Gasteiger partial charge in [0.05, 0.1) is 0 Å². The number of aromatic nitrogens is 1. The van der Waals surface area contributed by atoms with Gasteiger partial charge in [0.25, 0.3) is 5.91 Å². The fraction of sp³-hybridized carbons (Fsp3) is 0.200. The Kier molecular flexibility index (Phi) is 3.42. The van der Waals surface area contributed by atoms with Crippen molar-refractivity contribution >= 4 is 11.6 Å². The van der Waals surface area contributed by atoms with Gasteiger partial charge in [-0.05, 0) is 50.1 Å². The Morgan fingerprint density at radius 3 is 2.67 bits per heavy atom. The van der Waals surface area contributed by atoms with Gasteiger partial charge in [-0.1, -0.05) is 12.1 Å². The minimum Gasteiger partial charge on any atom is -0.322 e. The molecule has 1 aromatic heterocycles. The summed E-state index contributed by atoms with van der Waals surface area (Å²) in [6.45, 7) is 5.81. The number of amides is 1. The largest absolute Gasteiger partial charge is 0.322 e. The number of nitrogens with zero attached hydrogens (tertiary/aromatic N) is 1. The SMILES string of the molecule is Cc1cccc(NC(=O)c2ccnc(C)c2C)c1. The Morgan fingerprint density at radius 1 is 1.17 bits per heavy atom. The average molecular weight is 240 g/mol. The lowest BCUT2D eigenvalue weighted by Gasteiger charge is -2.09. The van der Waals surface area contributed by atoms with Crippen molar-refractivity contribution in [1.29, 1.82) is 0 Å². The van der Waals surface area contributed by atoms with Crippen LogP contribution in [-0.4, -0.2) is 10.9 Å². The molecule has 0 aliphatic heterocycles. The lowest BCUT2D eigenvalue weighted by atomic mass is 10.1. The number of benzene rings is 1. The lowest BCUT2D eigenvalue weighted by Crippen LogP contribution is -2.14. The summed E-state index contributed by atoms with van der Waals surface area (Å²) in [5, 5.41) is 2.90. The molecule has 0 bridgehead atoms. The summed E-state index contributed by atoms with van der Waals surface area (Å²) < 4.78 is 0. The van der Waals surface area contributed by atoms with Gasteiger partial charge in [0.1, 0.15) is 0 Å². The third kappa shape index (κ3) is 2.56. The number of carbonyl (C=O) groups is 1. The Balaban J connectivity index is 2.25. The quantitative estimate of drug-likeness (QED) is 0.875. The standard InChI is InChI=1S/C15H16N2O/c1-10-5-4-6-13(9-10)17-15(18)14-7-8-16-12(3)11(14)2/h4-9H,1-3H3,(H,17,18). The molecule has 0 spiro atoms. The smallest absolute Gasteiger partial charge is 0.256 e. The monoisotopic (exact) mass is 240 g/mol. The van der Waals surface area contributed by atoms with E-state index in [1.54, 1.807) is 12.3 Å². The molecule has 0 atom stereocenters. The highest BCUT2D eigenvalue weighted by Gasteiger charge is 2.10. The molecule has 0 fully saturated rings. The Morgan fingerprint density at radius 2 is 1.94 bits per heavy atom. The predicted octanol–water partition coefficient (Wildman–Crippen LogP) is 3.26. The zero-order valence-corrected chi connectivity index (χ0v) is 10.8. The highest BCUT2D eigenvalue weighted by molar-refractivity contribution is 6.05. The molecule has 92 valence electrons. The molecule has 1 N–H and O–H groups in total. The Bertz CT molecular complexity index is 591. The average Bonchev–Trinajstić information content (AvgIpc) is 2.32. The van der Waals surface area contributed by atoms with E-state index in [-0.39, 0.29) is 5.91 Å². The number of rotatable bonds is 2. The normalized spacial score (nSPS) is 10.2. The summed E-state index contributed by atoms with van der Waals surface area (Å²) in [5.74, 6) is -0.0939. The van der Waals surface area contributed by atoms with Crippen molar-refractivity contribution in [2.45, 2.75) is 20.8 Å². The van der Waals surface area contributed by atoms with Crippen LogP contribution in [0.2, 0.25) is 0 Å². The van der Waals surface area contributed by atoms with Crippen LogP contribution < -0.4 is 5.32 Å². The molecule has 2 rings (SSSR count). The molecule has 18 heavy (non-hydrogen) atoms. The molecule has 0 unspecified atom stereocenters. The summed E-state index contributed by atoms with van der Waals surface area (Å²) in [6, 6.07) is 9.50. The van der Waals surface area contributed by atoms with Crippen LogP contribution in [-0.2, 0) is 0 Å². The first-order chi connectivity index (χ1) is 8.58. The second-order valence-electron chi connectivity index (χ2n) is 4.39. The first kappa shape index (κ1) is 12.3. The van der Waals surface area contributed by atoms with E-state index in [9.17, 15) is 4.79 Å². The van der Waals surface area contributed by atoms with Crippen LogP contribution in [0.5, 0.6) is 0 Å². The molecule has 0 radical (unpaired) electrons. The summed E-state index contributed by atoms with van der Waals surface area (Å²) in [7, 11) is 0. The van der Waals surface area contributed by atoms with Crippen LogP contribution in [0.4, 0.5) is 5.69 Å². The number of hydrogen-bond acceptors (Lipinski definition) is 2. The Hall–Kier alpha value is -2.16. The van der Waals surface area contributed by atoms with Gasteiger partial charge in [-0.15, -0.1) is 0 Å². The predicted molar refractivity (Wildman–Crippen MR) is 72.8 cm³/mol. The van der Waals surface area contributed by atoms with Crippen molar-refractivity contribution in [3.63, 3.8) is 0 Å². The highest BCUT2D eigenvalue weighted by Crippen LogP contribution is 2.14. The number of carbonyl (C=O) groups excluding carboxylic acids is 1. The molecule has 1 amide bonds. The van der Waals surface area contributed by atoms with Crippen LogP contribution >= 0.6 is 0 Å². The van der Waals surface area contributed by atoms with Gasteiger partial charge in [-0.2, -0.15) is 0 Å². The number of anilines is 1. The summed E-state index contributed by atoms with van der Waals surface area (Å²) in [6.07, 6.45) is 1.66. The molecule has 0 saturated heterocycles. The van der Waals surface area contributed by atoms with Gasteiger partial charge in [0.15, 0.2) is 0 Å². The minimum atomic E-state index is -0.0939. The number of pyridine rings is 1. The van der Waals surface area contributed by atoms with Gasteiger partial charge in [0, 0.05) is 23.1 Å². The van der Waals surface area contributed by atoms with Crippen LogP contribution in [0, 0.1) is 20.8 Å². The maximum absolute atomic E-state index is 12.2. The maximum atomic E-state index is 12.2. The molecule has 3 nitrogen and oxygen atoms in total. The van der Waals surface area contributed by atoms with Crippen molar-refractivity contribution < 1.29 is 4.79 Å². The van der Waals surface area contributed by atoms with Crippen molar-refractivity contribution in [3.05, 3.63) is 58.9 Å². The maximum Gasteiger partial charge on any atom is 0.256 e. The molecular weight excluding hydrogens is 224 g/mol. The second-order valence-corrected chi connectivity index (χ2v) is 4.39. The first-order valence-corrected chi connectivity index (χ1v) is 5.88. The van der Waals surface area contributed by atoms with E-state index < -0.39 is 0 Å². The molecule has 0 aliphatic rings. The van der Waals surface area contributed by atoms with Crippen molar-refractivity contribution in [2.24, 2.45) is 0 Å². The van der Waals surface area contributed by atoms with Crippen molar-refractivity contribution in [3.8, 4) is 0 Å². The number of nitrogens with one attached hydrogen (secondary N) is 1. The van der Waals surface area contributed by atoms with Gasteiger partial charge >= 0.3 is 0 Å². The topological polar surface area (TPSA) is 42.0 Å². The molecule has 1 heterocycles. The second kappa shape index (κ2) is 5.00. The molecule has 0 saturated carbocycles. The van der Waals surface area contributed by atoms with E-state index in [0.29, 0.717) is 5.56 Å². The molecule has 0 aliphatic carbocycles. The molecule has 2 aromatic rings. The molecular formula is C15H16N2O. The van der Waals surface area contributed by atoms with Crippen LogP contribution in [0.1, 0.15) is 27.2 Å². The van der Waals surface area contributed by atoms with E-state index in [1.807, 2.05) is 45.0 Å². The third-order valence-electron chi connectivity index (χ3n) is 2.98. The van der Waals surface area contributed by atoms with Gasteiger partial charge < -0.3 is 5.32 Å².